The van der Waals surface area contributed by atoms with Crippen molar-refractivity contribution in [3.8, 4) is 11.8 Å². The van der Waals surface area contributed by atoms with Gasteiger partial charge in [0, 0.05) is 6.20 Å². The second-order valence-corrected chi connectivity index (χ2v) is 2.39. The quantitative estimate of drug-likeness (QED) is 0.779. The predicted molar refractivity (Wildman–Crippen MR) is 43.3 cm³/mol. The summed E-state index contributed by atoms with van der Waals surface area (Å²) in [5.41, 5.74) is -1.83. The molecule has 0 amide bonds. The molecule has 1 aromatic heterocycles. The Morgan fingerprint density at radius 1 is 1.64 bits per heavy atom. The lowest BCUT2D eigenvalue weighted by molar-refractivity contribution is 0.149. The summed E-state index contributed by atoms with van der Waals surface area (Å²) in [6, 6.07) is 1.63. The van der Waals surface area contributed by atoms with Gasteiger partial charge in [-0.3, -0.25) is 4.79 Å². The number of nitrogens with one attached hydrogen (secondary N) is 1. The molecule has 0 aliphatic rings. The lowest BCUT2D eigenvalue weighted by atomic mass is 10.2. The average molecular weight is 200 g/mol. The molecule has 1 N–H and O–H groups in total. The Morgan fingerprint density at radius 3 is 2.71 bits per heavy atom. The summed E-state index contributed by atoms with van der Waals surface area (Å²) in [4.78, 5) is 13.5. The second kappa shape index (κ2) is 3.87. The number of methoxy groups -OCH3 is 1. The number of nitriles is 1. The molecule has 0 atom stereocenters. The van der Waals surface area contributed by atoms with Gasteiger partial charge >= 0.3 is 0 Å². The molecule has 0 aliphatic heterocycles. The van der Waals surface area contributed by atoms with Crippen molar-refractivity contribution in [3.05, 3.63) is 27.7 Å². The molecule has 6 heteroatoms. The fourth-order valence-electron chi connectivity index (χ4n) is 0.966. The number of halogens is 2. The second-order valence-electron chi connectivity index (χ2n) is 2.39. The SMILES string of the molecule is COc1c(C#N)[nH]cc(C(F)F)c1=O. The molecule has 0 saturated heterocycles. The van der Waals surface area contributed by atoms with Gasteiger partial charge in [-0.25, -0.2) is 8.78 Å². The van der Waals surface area contributed by atoms with Crippen LogP contribution >= 0.6 is 0 Å². The number of aromatic nitrogens is 1. The van der Waals surface area contributed by atoms with E-state index in [0.717, 1.165) is 13.3 Å². The first-order valence-electron chi connectivity index (χ1n) is 3.59. The van der Waals surface area contributed by atoms with E-state index in [1.165, 1.54) is 0 Å². The van der Waals surface area contributed by atoms with Gasteiger partial charge in [0.2, 0.25) is 11.2 Å². The molecule has 4 nitrogen and oxygen atoms in total. The van der Waals surface area contributed by atoms with Crippen molar-refractivity contribution >= 4 is 0 Å². The fraction of sp³-hybridized carbons (Fsp3) is 0.250. The van der Waals surface area contributed by atoms with Gasteiger partial charge in [-0.1, -0.05) is 0 Å². The maximum absolute atomic E-state index is 12.2. The van der Waals surface area contributed by atoms with Crippen LogP contribution in [0.15, 0.2) is 11.0 Å². The van der Waals surface area contributed by atoms with E-state index in [1.54, 1.807) is 6.07 Å². The minimum absolute atomic E-state index is 0.165. The Bertz CT molecular complexity index is 434. The Kier molecular flexibility index (Phi) is 2.82. The van der Waals surface area contributed by atoms with Gasteiger partial charge in [-0.2, -0.15) is 5.26 Å². The lowest BCUT2D eigenvalue weighted by Crippen LogP contribution is -2.14. The zero-order chi connectivity index (χ0) is 10.7. The summed E-state index contributed by atoms with van der Waals surface area (Å²) in [6.07, 6.45) is -2.07. The van der Waals surface area contributed by atoms with Crippen LogP contribution in [0.1, 0.15) is 17.7 Å². The summed E-state index contributed by atoms with van der Waals surface area (Å²) in [7, 11) is 1.14. The molecule has 0 unspecified atom stereocenters. The van der Waals surface area contributed by atoms with Crippen LogP contribution in [0.5, 0.6) is 5.75 Å². The van der Waals surface area contributed by atoms with Crippen molar-refractivity contribution in [2.75, 3.05) is 7.11 Å². The molecule has 1 aromatic rings. The highest BCUT2D eigenvalue weighted by molar-refractivity contribution is 5.39. The van der Waals surface area contributed by atoms with Crippen LogP contribution in [-0.2, 0) is 0 Å². The van der Waals surface area contributed by atoms with Gasteiger partial charge < -0.3 is 9.72 Å². The summed E-state index contributed by atoms with van der Waals surface area (Å²) in [5, 5.41) is 8.52. The van der Waals surface area contributed by atoms with Crippen LogP contribution in [0.4, 0.5) is 8.78 Å². The number of ether oxygens (including phenoxy) is 1. The molecule has 0 bridgehead atoms. The predicted octanol–water partition coefficient (Wildman–Crippen LogP) is 1.19. The Labute approximate surface area is 77.7 Å². The highest BCUT2D eigenvalue weighted by atomic mass is 19.3. The van der Waals surface area contributed by atoms with Crippen molar-refractivity contribution in [1.82, 2.24) is 4.98 Å². The van der Waals surface area contributed by atoms with E-state index in [9.17, 15) is 13.6 Å². The first kappa shape index (κ1) is 10.2. The number of nitrogens with zero attached hydrogens (tertiary/aromatic N) is 1. The van der Waals surface area contributed by atoms with E-state index in [4.69, 9.17) is 5.26 Å². The molecule has 1 rings (SSSR count). The fourth-order valence-corrected chi connectivity index (χ4v) is 0.966. The van der Waals surface area contributed by atoms with Crippen LogP contribution in [0.2, 0.25) is 0 Å². The molecule has 0 radical (unpaired) electrons. The number of H-pyrrole nitrogens is 1. The molecular weight excluding hydrogens is 194 g/mol. The molecule has 0 aliphatic carbocycles. The number of alkyl halides is 2. The van der Waals surface area contributed by atoms with Crippen molar-refractivity contribution < 1.29 is 13.5 Å². The van der Waals surface area contributed by atoms with Crippen molar-refractivity contribution in [2.24, 2.45) is 0 Å². The van der Waals surface area contributed by atoms with Gasteiger partial charge in [0.1, 0.15) is 6.07 Å². The van der Waals surface area contributed by atoms with E-state index in [2.05, 4.69) is 9.72 Å². The number of hydrogen-bond donors (Lipinski definition) is 1. The van der Waals surface area contributed by atoms with E-state index < -0.39 is 17.4 Å². The summed E-state index contributed by atoms with van der Waals surface area (Å²) >= 11 is 0. The number of pyridine rings is 1. The molecule has 0 aromatic carbocycles. The van der Waals surface area contributed by atoms with Crippen LogP contribution < -0.4 is 10.2 Å². The number of rotatable bonds is 2. The van der Waals surface area contributed by atoms with E-state index >= 15 is 0 Å². The van der Waals surface area contributed by atoms with Gasteiger partial charge in [0.15, 0.2) is 5.69 Å². The minimum Gasteiger partial charge on any atom is -0.490 e. The first-order valence-corrected chi connectivity index (χ1v) is 3.59. The van der Waals surface area contributed by atoms with Gasteiger partial charge in [0.25, 0.3) is 6.43 Å². The third-order valence-electron chi connectivity index (χ3n) is 1.62. The first-order chi connectivity index (χ1) is 6.61. The zero-order valence-electron chi connectivity index (χ0n) is 7.17. The maximum Gasteiger partial charge on any atom is 0.269 e. The molecular formula is C8H6F2N2O2. The maximum atomic E-state index is 12.2. The molecule has 14 heavy (non-hydrogen) atoms. The topological polar surface area (TPSA) is 65.9 Å². The summed E-state index contributed by atoms with van der Waals surface area (Å²) in [6.45, 7) is 0. The third-order valence-corrected chi connectivity index (χ3v) is 1.62. The normalized spacial score (nSPS) is 9.93. The average Bonchev–Trinajstić information content (AvgIpc) is 2.16. The summed E-state index contributed by atoms with van der Waals surface area (Å²) in [5.74, 6) is -0.384. The van der Waals surface area contributed by atoms with Gasteiger partial charge in [0.05, 0.1) is 12.7 Å². The van der Waals surface area contributed by atoms with Gasteiger partial charge in [-0.05, 0) is 0 Å². The van der Waals surface area contributed by atoms with Gasteiger partial charge in [-0.15, -0.1) is 0 Å². The van der Waals surface area contributed by atoms with Crippen LogP contribution in [-0.4, -0.2) is 12.1 Å². The van der Waals surface area contributed by atoms with Crippen molar-refractivity contribution in [1.29, 1.82) is 5.26 Å². The third kappa shape index (κ3) is 1.57. The zero-order valence-corrected chi connectivity index (χ0v) is 7.17. The van der Waals surface area contributed by atoms with E-state index in [0.29, 0.717) is 0 Å². The molecule has 74 valence electrons. The summed E-state index contributed by atoms with van der Waals surface area (Å²) < 4.78 is 29.0. The van der Waals surface area contributed by atoms with Crippen molar-refractivity contribution in [3.63, 3.8) is 0 Å². The Hall–Kier alpha value is -1.90. The minimum atomic E-state index is -2.89. The molecule has 1 heterocycles. The molecule has 0 spiro atoms. The Morgan fingerprint density at radius 2 is 2.29 bits per heavy atom. The Balaban J connectivity index is 3.45. The van der Waals surface area contributed by atoms with Crippen LogP contribution in [0.25, 0.3) is 0 Å². The van der Waals surface area contributed by atoms with Crippen LogP contribution in [0.3, 0.4) is 0 Å². The highest BCUT2D eigenvalue weighted by Gasteiger charge is 2.18. The van der Waals surface area contributed by atoms with Crippen LogP contribution in [0, 0.1) is 11.3 Å². The molecule has 0 saturated carbocycles. The standard InChI is InChI=1S/C8H6F2N2O2/c1-14-7-5(2-11)12-3-4(6(7)13)8(9)10/h3,8H,1H3,(H,12,13). The number of hydrogen-bond acceptors (Lipinski definition) is 3. The van der Waals surface area contributed by atoms with E-state index in [-0.39, 0.29) is 11.4 Å². The van der Waals surface area contributed by atoms with E-state index in [1.807, 2.05) is 0 Å². The largest absolute Gasteiger partial charge is 0.490 e. The monoisotopic (exact) mass is 200 g/mol. The molecule has 0 fully saturated rings. The smallest absolute Gasteiger partial charge is 0.269 e. The number of aromatic amines is 1. The van der Waals surface area contributed by atoms with Crippen molar-refractivity contribution in [2.45, 2.75) is 6.43 Å². The highest BCUT2D eigenvalue weighted by Crippen LogP contribution is 2.18. The lowest BCUT2D eigenvalue weighted by Gasteiger charge is -2.03.